The predicted molar refractivity (Wildman–Crippen MR) is 90.2 cm³/mol. The van der Waals surface area contributed by atoms with Gasteiger partial charge in [0.05, 0.1) is 0 Å². The summed E-state index contributed by atoms with van der Waals surface area (Å²) in [4.78, 5) is 14.9. The van der Waals surface area contributed by atoms with E-state index in [4.69, 9.17) is 4.52 Å². The molecule has 0 aliphatic heterocycles. The van der Waals surface area contributed by atoms with Crippen molar-refractivity contribution >= 4 is 5.91 Å². The first-order chi connectivity index (χ1) is 11.1. The molecule has 1 saturated carbocycles. The molecule has 122 valence electrons. The molecule has 0 radical (unpaired) electrons. The third-order valence-electron chi connectivity index (χ3n) is 4.98. The molecule has 1 fully saturated rings. The van der Waals surface area contributed by atoms with E-state index in [1.807, 2.05) is 49.2 Å². The number of carbonyl (C=O) groups excluding carboxylic acids is 1. The van der Waals surface area contributed by atoms with E-state index >= 15 is 0 Å². The molecule has 23 heavy (non-hydrogen) atoms. The summed E-state index contributed by atoms with van der Waals surface area (Å²) in [5.74, 6) is 1.37. The van der Waals surface area contributed by atoms with Gasteiger partial charge in [-0.15, -0.1) is 0 Å². The quantitative estimate of drug-likeness (QED) is 0.849. The van der Waals surface area contributed by atoms with Gasteiger partial charge in [-0.3, -0.25) is 4.79 Å². The number of benzene rings is 1. The van der Waals surface area contributed by atoms with Gasteiger partial charge in [-0.25, -0.2) is 0 Å². The minimum Gasteiger partial charge on any atom is -0.360 e. The van der Waals surface area contributed by atoms with Crippen molar-refractivity contribution in [1.82, 2.24) is 10.1 Å². The maximum absolute atomic E-state index is 13.0. The van der Waals surface area contributed by atoms with Crippen LogP contribution in [0.5, 0.6) is 0 Å². The van der Waals surface area contributed by atoms with Crippen LogP contribution in [0.2, 0.25) is 0 Å². The van der Waals surface area contributed by atoms with Crippen molar-refractivity contribution in [2.24, 2.45) is 5.92 Å². The van der Waals surface area contributed by atoms with Crippen LogP contribution in [0.4, 0.5) is 0 Å². The highest BCUT2D eigenvalue weighted by Gasteiger charge is 2.30. The number of nitrogens with zero attached hydrogens (tertiary/aromatic N) is 2. The average molecular weight is 312 g/mol. The molecule has 0 bridgehead atoms. The number of carbonyl (C=O) groups is 1. The number of aromatic nitrogens is 1. The minimum absolute atomic E-state index is 0.0159. The summed E-state index contributed by atoms with van der Waals surface area (Å²) in [5, 5.41) is 4.12. The molecule has 1 aliphatic carbocycles. The van der Waals surface area contributed by atoms with Crippen LogP contribution >= 0.6 is 0 Å². The van der Waals surface area contributed by atoms with E-state index in [2.05, 4.69) is 12.1 Å². The van der Waals surface area contributed by atoms with Crippen LogP contribution in [0.25, 0.3) is 11.3 Å². The number of rotatable bonds is 3. The van der Waals surface area contributed by atoms with Gasteiger partial charge in [0.1, 0.15) is 17.0 Å². The van der Waals surface area contributed by atoms with E-state index in [0.29, 0.717) is 23.1 Å². The van der Waals surface area contributed by atoms with Crippen LogP contribution < -0.4 is 0 Å². The molecule has 0 spiro atoms. The molecule has 0 unspecified atom stereocenters. The van der Waals surface area contributed by atoms with Crippen LogP contribution in [0.1, 0.15) is 48.7 Å². The lowest BCUT2D eigenvalue weighted by Crippen LogP contribution is -2.39. The molecule has 1 heterocycles. The highest BCUT2D eigenvalue weighted by molar-refractivity contribution is 6.00. The summed E-state index contributed by atoms with van der Waals surface area (Å²) in [6, 6.07) is 10.1. The fourth-order valence-corrected chi connectivity index (χ4v) is 3.39. The topological polar surface area (TPSA) is 46.3 Å². The van der Waals surface area contributed by atoms with E-state index < -0.39 is 0 Å². The van der Waals surface area contributed by atoms with Crippen LogP contribution in [0, 0.1) is 12.8 Å². The van der Waals surface area contributed by atoms with Gasteiger partial charge in [-0.05, 0) is 38.5 Å². The first-order valence-corrected chi connectivity index (χ1v) is 8.36. The van der Waals surface area contributed by atoms with E-state index in [0.717, 1.165) is 24.3 Å². The van der Waals surface area contributed by atoms with E-state index in [1.54, 1.807) is 0 Å². The lowest BCUT2D eigenvalue weighted by Gasteiger charge is -2.33. The maximum Gasteiger partial charge on any atom is 0.259 e. The number of amides is 1. The molecular formula is C19H24N2O2. The van der Waals surface area contributed by atoms with Gasteiger partial charge in [-0.2, -0.15) is 0 Å². The van der Waals surface area contributed by atoms with Crippen molar-refractivity contribution in [3.63, 3.8) is 0 Å². The third kappa shape index (κ3) is 3.16. The second-order valence-electron chi connectivity index (χ2n) is 6.66. The van der Waals surface area contributed by atoms with E-state index in [9.17, 15) is 4.79 Å². The largest absolute Gasteiger partial charge is 0.360 e. The lowest BCUT2D eigenvalue weighted by atomic mass is 9.86. The molecular weight excluding hydrogens is 288 g/mol. The molecule has 3 rings (SSSR count). The summed E-state index contributed by atoms with van der Waals surface area (Å²) < 4.78 is 5.33. The zero-order valence-corrected chi connectivity index (χ0v) is 14.1. The average Bonchev–Trinajstić information content (AvgIpc) is 2.96. The smallest absolute Gasteiger partial charge is 0.259 e. The molecule has 1 aliphatic rings. The Morgan fingerprint density at radius 2 is 1.83 bits per heavy atom. The Labute approximate surface area is 137 Å². The van der Waals surface area contributed by atoms with E-state index in [-0.39, 0.29) is 5.91 Å². The van der Waals surface area contributed by atoms with Gasteiger partial charge >= 0.3 is 0 Å². The van der Waals surface area contributed by atoms with Crippen LogP contribution in [-0.4, -0.2) is 29.1 Å². The molecule has 0 atom stereocenters. The van der Waals surface area contributed by atoms with Gasteiger partial charge in [0, 0.05) is 18.7 Å². The normalized spacial score (nSPS) is 21.2. The van der Waals surface area contributed by atoms with Crippen molar-refractivity contribution in [2.45, 2.75) is 45.6 Å². The number of aryl methyl sites for hydroxylation is 1. The molecule has 1 amide bonds. The van der Waals surface area contributed by atoms with Gasteiger partial charge in [0.25, 0.3) is 5.91 Å². The summed E-state index contributed by atoms with van der Waals surface area (Å²) in [6.07, 6.45) is 4.54. The van der Waals surface area contributed by atoms with Crippen molar-refractivity contribution in [2.75, 3.05) is 7.05 Å². The fourth-order valence-electron chi connectivity index (χ4n) is 3.39. The summed E-state index contributed by atoms with van der Waals surface area (Å²) in [7, 11) is 1.91. The Balaban J connectivity index is 1.86. The first kappa shape index (κ1) is 15.8. The molecule has 1 aromatic carbocycles. The molecule has 0 saturated heterocycles. The van der Waals surface area contributed by atoms with Crippen molar-refractivity contribution in [3.8, 4) is 11.3 Å². The highest BCUT2D eigenvalue weighted by atomic mass is 16.5. The Morgan fingerprint density at radius 3 is 2.48 bits per heavy atom. The fraction of sp³-hybridized carbons (Fsp3) is 0.474. The van der Waals surface area contributed by atoms with Crippen molar-refractivity contribution in [3.05, 3.63) is 41.7 Å². The lowest BCUT2D eigenvalue weighted by molar-refractivity contribution is 0.0678. The summed E-state index contributed by atoms with van der Waals surface area (Å²) in [5.41, 5.74) is 2.15. The number of hydrogen-bond donors (Lipinski definition) is 0. The van der Waals surface area contributed by atoms with Crippen molar-refractivity contribution in [1.29, 1.82) is 0 Å². The van der Waals surface area contributed by atoms with Crippen LogP contribution in [-0.2, 0) is 0 Å². The summed E-state index contributed by atoms with van der Waals surface area (Å²) >= 11 is 0. The summed E-state index contributed by atoms with van der Waals surface area (Å²) in [6.45, 7) is 4.10. The Kier molecular flexibility index (Phi) is 4.51. The molecule has 0 N–H and O–H groups in total. The molecule has 4 nitrogen and oxygen atoms in total. The molecule has 1 aromatic heterocycles. The highest BCUT2D eigenvalue weighted by Crippen LogP contribution is 2.30. The second kappa shape index (κ2) is 6.57. The van der Waals surface area contributed by atoms with Crippen LogP contribution in [0.3, 0.4) is 0 Å². The standard InChI is InChI=1S/C19H24N2O2/c1-13-9-11-16(12-10-13)21(3)19(22)17-14(2)23-20-18(17)15-7-5-4-6-8-15/h4-8,13,16H,9-12H2,1-3H3. The van der Waals surface area contributed by atoms with Gasteiger partial charge in [-0.1, -0.05) is 42.4 Å². The minimum atomic E-state index is 0.0159. The van der Waals surface area contributed by atoms with Gasteiger partial charge in [0.2, 0.25) is 0 Å². The second-order valence-corrected chi connectivity index (χ2v) is 6.66. The molecule has 2 aromatic rings. The Morgan fingerprint density at radius 1 is 1.17 bits per heavy atom. The number of hydrogen-bond acceptors (Lipinski definition) is 3. The monoisotopic (exact) mass is 312 g/mol. The predicted octanol–water partition coefficient (Wildman–Crippen LogP) is 4.30. The zero-order valence-electron chi connectivity index (χ0n) is 14.1. The van der Waals surface area contributed by atoms with E-state index in [1.165, 1.54) is 12.8 Å². The van der Waals surface area contributed by atoms with Crippen molar-refractivity contribution < 1.29 is 9.32 Å². The first-order valence-electron chi connectivity index (χ1n) is 8.36. The zero-order chi connectivity index (χ0) is 16.4. The van der Waals surface area contributed by atoms with Gasteiger partial charge < -0.3 is 9.42 Å². The van der Waals surface area contributed by atoms with Crippen LogP contribution in [0.15, 0.2) is 34.9 Å². The Bertz CT molecular complexity index is 670. The Hall–Kier alpha value is -2.10. The third-order valence-corrected chi connectivity index (χ3v) is 4.98. The SMILES string of the molecule is Cc1onc(-c2ccccc2)c1C(=O)N(C)C1CCC(C)CC1. The van der Waals surface area contributed by atoms with Gasteiger partial charge in [0.15, 0.2) is 0 Å². The molecule has 4 heteroatoms. The maximum atomic E-state index is 13.0.